The second kappa shape index (κ2) is 9.37. The highest BCUT2D eigenvalue weighted by atomic mass is 32.1. The van der Waals surface area contributed by atoms with Gasteiger partial charge in [0.1, 0.15) is 17.4 Å². The summed E-state index contributed by atoms with van der Waals surface area (Å²) in [6, 6.07) is 13.3. The third-order valence-corrected chi connectivity index (χ3v) is 4.38. The van der Waals surface area contributed by atoms with Crippen molar-refractivity contribution in [1.29, 1.82) is 0 Å². The fraction of sp³-hybridized carbons (Fsp3) is 0.111. The molecule has 148 valence electrons. The van der Waals surface area contributed by atoms with Crippen LogP contribution in [0.4, 0.5) is 10.8 Å². The highest BCUT2D eigenvalue weighted by Crippen LogP contribution is 2.16. The highest BCUT2D eigenvalue weighted by Gasteiger charge is 2.07. The second-order valence-corrected chi connectivity index (χ2v) is 6.88. The van der Waals surface area contributed by atoms with Crippen molar-refractivity contribution in [3.63, 3.8) is 0 Å². The molecule has 0 unspecified atom stereocenters. The quantitative estimate of drug-likeness (QED) is 0.328. The zero-order chi connectivity index (χ0) is 20.6. The summed E-state index contributed by atoms with van der Waals surface area (Å²) < 4.78 is 5.65. The Morgan fingerprint density at radius 3 is 2.55 bits per heavy atom. The largest absolute Gasteiger partial charge is 0.489 e. The number of non-ortho nitro benzene ring substituents is 1. The molecule has 0 aliphatic heterocycles. The van der Waals surface area contributed by atoms with Gasteiger partial charge in [0, 0.05) is 12.1 Å². The molecule has 0 spiro atoms. The SMILES string of the molecule is Nc1nnc(CC(=O)N/N=C/c2ccc(OCc3ccc([N+](=O)[O-])cc3)cc2)s1. The number of hydrogen-bond donors (Lipinski definition) is 2. The maximum atomic E-state index is 11.8. The smallest absolute Gasteiger partial charge is 0.269 e. The van der Waals surface area contributed by atoms with Crippen LogP contribution in [0.3, 0.4) is 0 Å². The van der Waals surface area contributed by atoms with E-state index in [1.807, 2.05) is 0 Å². The Balaban J connectivity index is 1.46. The van der Waals surface area contributed by atoms with Gasteiger partial charge in [0.15, 0.2) is 0 Å². The number of nitrogens with one attached hydrogen (secondary N) is 1. The molecular weight excluding hydrogens is 396 g/mol. The zero-order valence-electron chi connectivity index (χ0n) is 15.0. The minimum atomic E-state index is -0.445. The number of rotatable bonds is 8. The molecule has 0 saturated heterocycles. The van der Waals surface area contributed by atoms with Crippen LogP contribution in [0.15, 0.2) is 53.6 Å². The van der Waals surface area contributed by atoms with Gasteiger partial charge in [0.25, 0.3) is 5.69 Å². The number of nitro groups is 1. The van der Waals surface area contributed by atoms with Crippen LogP contribution >= 0.6 is 11.3 Å². The van der Waals surface area contributed by atoms with Crippen LogP contribution in [0.5, 0.6) is 5.75 Å². The van der Waals surface area contributed by atoms with Crippen molar-refractivity contribution in [3.8, 4) is 5.75 Å². The molecule has 0 fully saturated rings. The molecule has 3 aromatic rings. The molecule has 11 heteroatoms. The molecule has 0 aliphatic carbocycles. The van der Waals surface area contributed by atoms with E-state index in [0.717, 1.165) is 22.5 Å². The first kappa shape index (κ1) is 19.9. The topological polar surface area (TPSA) is 146 Å². The number of benzene rings is 2. The summed E-state index contributed by atoms with van der Waals surface area (Å²) >= 11 is 1.15. The average molecular weight is 412 g/mol. The third-order valence-electron chi connectivity index (χ3n) is 3.63. The lowest BCUT2D eigenvalue weighted by Crippen LogP contribution is -2.19. The van der Waals surface area contributed by atoms with Crippen LogP contribution in [0.1, 0.15) is 16.1 Å². The number of carbonyl (C=O) groups is 1. The molecule has 1 heterocycles. The Morgan fingerprint density at radius 1 is 1.21 bits per heavy atom. The Kier molecular flexibility index (Phi) is 6.43. The van der Waals surface area contributed by atoms with Gasteiger partial charge in [0.2, 0.25) is 11.0 Å². The van der Waals surface area contributed by atoms with Gasteiger partial charge in [0.05, 0.1) is 17.6 Å². The molecule has 0 radical (unpaired) electrons. The normalized spacial score (nSPS) is 10.8. The standard InChI is InChI=1S/C18H16N6O4S/c19-18-23-22-17(29-18)9-16(25)21-20-10-12-3-7-15(8-4-12)28-11-13-1-5-14(6-2-13)24(26)27/h1-8,10H,9,11H2,(H2,19,23)(H,21,25)/b20-10+. The van der Waals surface area contributed by atoms with Crippen LogP contribution in [-0.4, -0.2) is 27.2 Å². The van der Waals surface area contributed by atoms with E-state index in [1.54, 1.807) is 36.4 Å². The van der Waals surface area contributed by atoms with Gasteiger partial charge in [-0.25, -0.2) is 5.43 Å². The summed E-state index contributed by atoms with van der Waals surface area (Å²) in [5.41, 5.74) is 9.51. The van der Waals surface area contributed by atoms with E-state index in [2.05, 4.69) is 20.7 Å². The van der Waals surface area contributed by atoms with Crippen LogP contribution in [0.25, 0.3) is 0 Å². The van der Waals surface area contributed by atoms with E-state index in [9.17, 15) is 14.9 Å². The fourth-order valence-electron chi connectivity index (χ4n) is 2.22. The first-order valence-corrected chi connectivity index (χ1v) is 9.17. The molecular formula is C18H16N6O4S. The summed E-state index contributed by atoms with van der Waals surface area (Å²) in [5.74, 6) is 0.318. The molecule has 3 N–H and O–H groups in total. The fourth-order valence-corrected chi connectivity index (χ4v) is 2.83. The molecule has 10 nitrogen and oxygen atoms in total. The molecule has 0 aliphatic rings. The summed E-state index contributed by atoms with van der Waals surface area (Å²) in [5, 5.41) is 22.8. The Labute approximate surface area is 169 Å². The van der Waals surface area contributed by atoms with E-state index in [0.29, 0.717) is 15.9 Å². The summed E-state index contributed by atoms with van der Waals surface area (Å²) in [7, 11) is 0. The van der Waals surface area contributed by atoms with Crippen molar-refractivity contribution in [2.75, 3.05) is 5.73 Å². The summed E-state index contributed by atoms with van der Waals surface area (Å²) in [4.78, 5) is 22.0. The van der Waals surface area contributed by atoms with E-state index >= 15 is 0 Å². The summed E-state index contributed by atoms with van der Waals surface area (Å²) in [6.45, 7) is 0.289. The monoisotopic (exact) mass is 412 g/mol. The van der Waals surface area contributed by atoms with E-state index in [1.165, 1.54) is 18.3 Å². The number of anilines is 1. The second-order valence-electron chi connectivity index (χ2n) is 5.79. The third kappa shape index (κ3) is 6.07. The molecule has 1 aromatic heterocycles. The number of ether oxygens (including phenoxy) is 1. The average Bonchev–Trinajstić information content (AvgIpc) is 3.12. The first-order chi connectivity index (χ1) is 14.0. The van der Waals surface area contributed by atoms with E-state index in [4.69, 9.17) is 10.5 Å². The van der Waals surface area contributed by atoms with Crippen LogP contribution in [0.2, 0.25) is 0 Å². The van der Waals surface area contributed by atoms with Crippen molar-refractivity contribution in [2.45, 2.75) is 13.0 Å². The molecule has 0 saturated carbocycles. The Morgan fingerprint density at radius 2 is 1.93 bits per heavy atom. The highest BCUT2D eigenvalue weighted by molar-refractivity contribution is 7.15. The number of carbonyl (C=O) groups excluding carboxylic acids is 1. The predicted molar refractivity (Wildman–Crippen MR) is 108 cm³/mol. The maximum absolute atomic E-state index is 11.8. The zero-order valence-corrected chi connectivity index (χ0v) is 15.8. The van der Waals surface area contributed by atoms with Gasteiger partial charge in [-0.1, -0.05) is 11.3 Å². The van der Waals surface area contributed by atoms with Crippen molar-refractivity contribution in [1.82, 2.24) is 15.6 Å². The van der Waals surface area contributed by atoms with Gasteiger partial charge < -0.3 is 10.5 Å². The summed E-state index contributed by atoms with van der Waals surface area (Å²) in [6.07, 6.45) is 1.56. The van der Waals surface area contributed by atoms with Gasteiger partial charge in [-0.2, -0.15) is 5.10 Å². The van der Waals surface area contributed by atoms with Crippen molar-refractivity contribution < 1.29 is 14.5 Å². The van der Waals surface area contributed by atoms with Gasteiger partial charge in [-0.05, 0) is 47.5 Å². The van der Waals surface area contributed by atoms with Crippen molar-refractivity contribution in [3.05, 3.63) is 74.8 Å². The number of aromatic nitrogens is 2. The number of nitro benzene ring substituents is 1. The number of nitrogens with two attached hydrogens (primary N) is 1. The molecule has 0 bridgehead atoms. The van der Waals surface area contributed by atoms with E-state index < -0.39 is 4.92 Å². The number of hydrazone groups is 1. The molecule has 1 amide bonds. The van der Waals surface area contributed by atoms with Crippen LogP contribution < -0.4 is 15.9 Å². The van der Waals surface area contributed by atoms with Gasteiger partial charge >= 0.3 is 0 Å². The van der Waals surface area contributed by atoms with E-state index in [-0.39, 0.29) is 24.6 Å². The molecule has 3 rings (SSSR count). The minimum Gasteiger partial charge on any atom is -0.489 e. The molecule has 29 heavy (non-hydrogen) atoms. The number of amides is 1. The van der Waals surface area contributed by atoms with Gasteiger partial charge in [-0.15, -0.1) is 10.2 Å². The maximum Gasteiger partial charge on any atom is 0.269 e. The Bertz CT molecular complexity index is 1020. The number of nitrogen functional groups attached to an aromatic ring is 1. The lowest BCUT2D eigenvalue weighted by molar-refractivity contribution is -0.384. The van der Waals surface area contributed by atoms with Crippen molar-refractivity contribution >= 4 is 34.3 Å². The van der Waals surface area contributed by atoms with Crippen LogP contribution in [0, 0.1) is 10.1 Å². The lowest BCUT2D eigenvalue weighted by atomic mass is 10.2. The van der Waals surface area contributed by atoms with Crippen molar-refractivity contribution in [2.24, 2.45) is 5.10 Å². The first-order valence-electron chi connectivity index (χ1n) is 8.35. The molecule has 2 aromatic carbocycles. The van der Waals surface area contributed by atoms with Gasteiger partial charge in [-0.3, -0.25) is 14.9 Å². The molecule has 0 atom stereocenters. The number of nitrogens with zero attached hydrogens (tertiary/aromatic N) is 4. The van der Waals surface area contributed by atoms with Crippen LogP contribution in [-0.2, 0) is 17.8 Å². The minimum absolute atomic E-state index is 0.0388. The predicted octanol–water partition coefficient (Wildman–Crippen LogP) is 2.30. The Hall–Kier alpha value is -3.86. The lowest BCUT2D eigenvalue weighted by Gasteiger charge is -2.06. The number of hydrogen-bond acceptors (Lipinski definition) is 9.